The number of hydrogen-bond donors (Lipinski definition) is 4. The van der Waals surface area contributed by atoms with Crippen molar-refractivity contribution in [1.29, 1.82) is 0 Å². The lowest BCUT2D eigenvalue weighted by Gasteiger charge is -2.10. The number of carbonyl (C=O) groups is 1. The van der Waals surface area contributed by atoms with Crippen molar-refractivity contribution in [3.8, 4) is 0 Å². The molecule has 1 rings (SSSR count). The molecule has 0 unspecified atom stereocenters. The lowest BCUT2D eigenvalue weighted by atomic mass is 10.1. The summed E-state index contributed by atoms with van der Waals surface area (Å²) < 4.78 is 37.4. The van der Waals surface area contributed by atoms with E-state index in [2.05, 4.69) is 10.0 Å². The van der Waals surface area contributed by atoms with Gasteiger partial charge in [-0.1, -0.05) is 0 Å². The van der Waals surface area contributed by atoms with Crippen molar-refractivity contribution < 1.29 is 22.7 Å². The molecule has 20 heavy (non-hydrogen) atoms. The van der Waals surface area contributed by atoms with Gasteiger partial charge in [0.25, 0.3) is 0 Å². The largest absolute Gasteiger partial charge is 0.478 e. The van der Waals surface area contributed by atoms with Gasteiger partial charge in [-0.25, -0.2) is 22.3 Å². The number of carboxylic acid groups (broad SMARTS) is 1. The van der Waals surface area contributed by atoms with Crippen molar-refractivity contribution in [2.75, 3.05) is 30.4 Å². The predicted molar refractivity (Wildman–Crippen MR) is 73.7 cm³/mol. The molecule has 1 aromatic carbocycles. The number of sulfonamides is 1. The number of nitrogens with two attached hydrogens (primary N) is 1. The Bertz CT molecular complexity index is 604. The summed E-state index contributed by atoms with van der Waals surface area (Å²) in [6.07, 6.45) is 1.52. The smallest absolute Gasteiger partial charge is 0.338 e. The molecule has 0 spiro atoms. The number of anilines is 2. The zero-order valence-electron chi connectivity index (χ0n) is 10.8. The van der Waals surface area contributed by atoms with Gasteiger partial charge in [0, 0.05) is 13.1 Å². The Morgan fingerprint density at radius 2 is 2.05 bits per heavy atom. The van der Waals surface area contributed by atoms with Crippen LogP contribution in [0.3, 0.4) is 0 Å². The number of rotatable bonds is 7. The average Bonchev–Trinajstić information content (AvgIpc) is 2.30. The summed E-state index contributed by atoms with van der Waals surface area (Å²) in [7, 11) is -3.23. The predicted octanol–water partition coefficient (Wildman–Crippen LogP) is 0.457. The maximum Gasteiger partial charge on any atom is 0.338 e. The molecule has 0 aliphatic carbocycles. The normalized spacial score (nSPS) is 11.3. The van der Waals surface area contributed by atoms with E-state index < -0.39 is 27.4 Å². The van der Waals surface area contributed by atoms with E-state index >= 15 is 0 Å². The van der Waals surface area contributed by atoms with E-state index in [9.17, 15) is 17.6 Å². The van der Waals surface area contributed by atoms with Gasteiger partial charge >= 0.3 is 5.97 Å². The fourth-order valence-corrected chi connectivity index (χ4v) is 1.99. The summed E-state index contributed by atoms with van der Waals surface area (Å²) in [6, 6.07) is 2.04. The third kappa shape index (κ3) is 5.02. The monoisotopic (exact) mass is 305 g/mol. The number of hydrogen-bond acceptors (Lipinski definition) is 5. The van der Waals surface area contributed by atoms with Gasteiger partial charge in [0.1, 0.15) is 5.82 Å². The highest BCUT2D eigenvalue weighted by molar-refractivity contribution is 7.88. The van der Waals surface area contributed by atoms with E-state index in [1.54, 1.807) is 0 Å². The maximum absolute atomic E-state index is 13.4. The number of aromatic carboxylic acids is 1. The molecule has 0 saturated heterocycles. The van der Waals surface area contributed by atoms with Gasteiger partial charge in [-0.15, -0.1) is 0 Å². The summed E-state index contributed by atoms with van der Waals surface area (Å²) in [5, 5.41) is 11.5. The third-order valence-electron chi connectivity index (χ3n) is 2.40. The molecule has 7 nitrogen and oxygen atoms in total. The highest BCUT2D eigenvalue weighted by atomic mass is 32.2. The number of carboxylic acids is 1. The lowest BCUT2D eigenvalue weighted by Crippen LogP contribution is -2.24. The lowest BCUT2D eigenvalue weighted by molar-refractivity contribution is 0.0692. The zero-order valence-corrected chi connectivity index (χ0v) is 11.6. The fourth-order valence-electron chi connectivity index (χ4n) is 1.48. The number of nitrogens with one attached hydrogen (secondary N) is 2. The minimum absolute atomic E-state index is 0.111. The van der Waals surface area contributed by atoms with E-state index in [1.165, 1.54) is 0 Å². The van der Waals surface area contributed by atoms with Crippen LogP contribution in [-0.4, -0.2) is 38.8 Å². The van der Waals surface area contributed by atoms with Gasteiger partial charge in [0.15, 0.2) is 0 Å². The van der Waals surface area contributed by atoms with E-state index in [4.69, 9.17) is 10.8 Å². The Morgan fingerprint density at radius 1 is 1.40 bits per heavy atom. The molecule has 0 radical (unpaired) electrons. The molecule has 9 heteroatoms. The first-order valence-electron chi connectivity index (χ1n) is 5.71. The van der Waals surface area contributed by atoms with Crippen LogP contribution in [0.15, 0.2) is 12.1 Å². The van der Waals surface area contributed by atoms with Gasteiger partial charge in [-0.05, 0) is 18.6 Å². The van der Waals surface area contributed by atoms with Crippen molar-refractivity contribution in [1.82, 2.24) is 4.72 Å². The minimum atomic E-state index is -3.23. The summed E-state index contributed by atoms with van der Waals surface area (Å²) >= 11 is 0. The third-order valence-corrected chi connectivity index (χ3v) is 3.13. The molecular formula is C11H16FN3O4S. The standard InChI is InChI=1S/C11H16FN3O4S/c1-20(18,19)15-4-2-3-14-10-6-8(12)7(11(16)17)5-9(10)13/h5-6,14-15H,2-4,13H2,1H3,(H,16,17). The topological polar surface area (TPSA) is 122 Å². The van der Waals surface area contributed by atoms with Crippen LogP contribution in [0.25, 0.3) is 0 Å². The van der Waals surface area contributed by atoms with Crippen LogP contribution >= 0.6 is 0 Å². The van der Waals surface area contributed by atoms with Gasteiger partial charge in [0.2, 0.25) is 10.0 Å². The average molecular weight is 305 g/mol. The molecule has 112 valence electrons. The second-order valence-electron chi connectivity index (χ2n) is 4.17. The van der Waals surface area contributed by atoms with Gasteiger partial charge in [-0.2, -0.15) is 0 Å². The quantitative estimate of drug-likeness (QED) is 0.429. The summed E-state index contributed by atoms with van der Waals surface area (Å²) in [5.74, 6) is -2.28. The van der Waals surface area contributed by atoms with E-state index in [0.29, 0.717) is 13.0 Å². The molecular weight excluding hydrogens is 289 g/mol. The molecule has 0 saturated carbocycles. The van der Waals surface area contributed by atoms with E-state index in [-0.39, 0.29) is 17.9 Å². The second kappa shape index (κ2) is 6.53. The number of nitrogen functional groups attached to an aromatic ring is 1. The minimum Gasteiger partial charge on any atom is -0.478 e. The van der Waals surface area contributed by atoms with E-state index in [0.717, 1.165) is 18.4 Å². The fraction of sp³-hybridized carbons (Fsp3) is 0.364. The number of halogens is 1. The highest BCUT2D eigenvalue weighted by Gasteiger charge is 2.13. The maximum atomic E-state index is 13.4. The van der Waals surface area contributed by atoms with Crippen LogP contribution in [0.2, 0.25) is 0 Å². The first-order valence-corrected chi connectivity index (χ1v) is 7.60. The summed E-state index contributed by atoms with van der Waals surface area (Å²) in [6.45, 7) is 0.597. The van der Waals surface area contributed by atoms with Crippen LogP contribution in [0.1, 0.15) is 16.8 Å². The van der Waals surface area contributed by atoms with Crippen molar-refractivity contribution in [2.45, 2.75) is 6.42 Å². The van der Waals surface area contributed by atoms with Crippen LogP contribution in [0.5, 0.6) is 0 Å². The van der Waals surface area contributed by atoms with Crippen molar-refractivity contribution >= 4 is 27.4 Å². The van der Waals surface area contributed by atoms with Gasteiger partial charge in [0.05, 0.1) is 23.2 Å². The Morgan fingerprint density at radius 3 is 2.60 bits per heavy atom. The van der Waals surface area contributed by atoms with Crippen LogP contribution < -0.4 is 15.8 Å². The molecule has 0 atom stereocenters. The van der Waals surface area contributed by atoms with Crippen molar-refractivity contribution in [2.24, 2.45) is 0 Å². The summed E-state index contributed by atoms with van der Waals surface area (Å²) in [4.78, 5) is 10.7. The Balaban J connectivity index is 2.57. The van der Waals surface area contributed by atoms with Crippen LogP contribution in [-0.2, 0) is 10.0 Å². The van der Waals surface area contributed by atoms with Crippen LogP contribution in [0, 0.1) is 5.82 Å². The Kier molecular flexibility index (Phi) is 5.28. The molecule has 0 heterocycles. The molecule has 0 aliphatic heterocycles. The first kappa shape index (κ1) is 16.2. The molecule has 0 amide bonds. The highest BCUT2D eigenvalue weighted by Crippen LogP contribution is 2.22. The molecule has 0 fully saturated rings. The SMILES string of the molecule is CS(=O)(=O)NCCCNc1cc(F)c(C(=O)O)cc1N. The second-order valence-corrected chi connectivity index (χ2v) is 6.00. The van der Waals surface area contributed by atoms with Crippen molar-refractivity contribution in [3.63, 3.8) is 0 Å². The molecule has 0 aromatic heterocycles. The van der Waals surface area contributed by atoms with Crippen LogP contribution in [0.4, 0.5) is 15.8 Å². The summed E-state index contributed by atoms with van der Waals surface area (Å²) in [5.41, 5.74) is 5.50. The molecule has 0 bridgehead atoms. The number of benzene rings is 1. The van der Waals surface area contributed by atoms with E-state index in [1.807, 2.05) is 0 Å². The molecule has 5 N–H and O–H groups in total. The Labute approximate surface area is 116 Å². The molecule has 1 aromatic rings. The van der Waals surface area contributed by atoms with Gasteiger partial charge < -0.3 is 16.2 Å². The van der Waals surface area contributed by atoms with Gasteiger partial charge in [-0.3, -0.25) is 0 Å². The Hall–Kier alpha value is -1.87. The molecule has 0 aliphatic rings. The van der Waals surface area contributed by atoms with Crippen molar-refractivity contribution in [3.05, 3.63) is 23.5 Å². The first-order chi connectivity index (χ1) is 9.20. The zero-order chi connectivity index (χ0) is 15.3.